The number of methoxy groups -OCH3 is 2. The molecule has 1 amide bonds. The second kappa shape index (κ2) is 13.4. The SMILES string of the molecule is COc1cc2c(cc1OC)C(c1ccccc1)N(Cc1ccc(CNC(=O)c3ccc(N4CCC(C)(C)CC4)cc3)cc1)CC2. The Kier molecular flexibility index (Phi) is 9.13. The summed E-state index contributed by atoms with van der Waals surface area (Å²) in [5.74, 6) is 1.49. The Bertz CT molecular complexity index is 1590. The number of amides is 1. The topological polar surface area (TPSA) is 54.0 Å². The van der Waals surface area contributed by atoms with Gasteiger partial charge in [-0.15, -0.1) is 0 Å². The first kappa shape index (κ1) is 30.7. The fraction of sp³-hybridized carbons (Fsp3) is 0.359. The molecule has 2 aliphatic rings. The van der Waals surface area contributed by atoms with E-state index in [1.165, 1.54) is 40.8 Å². The Morgan fingerprint density at radius 3 is 2.13 bits per heavy atom. The number of hydrogen-bond donors (Lipinski definition) is 1. The van der Waals surface area contributed by atoms with Crippen molar-refractivity contribution in [2.75, 3.05) is 38.8 Å². The molecular weight excluding hydrogens is 558 g/mol. The quantitative estimate of drug-likeness (QED) is 0.216. The van der Waals surface area contributed by atoms with Crippen molar-refractivity contribution in [1.29, 1.82) is 0 Å². The Hall–Kier alpha value is -4.29. The molecule has 1 atom stereocenters. The number of hydrogen-bond acceptors (Lipinski definition) is 5. The average Bonchev–Trinajstić information content (AvgIpc) is 3.07. The molecule has 234 valence electrons. The zero-order valence-electron chi connectivity index (χ0n) is 27.0. The summed E-state index contributed by atoms with van der Waals surface area (Å²) >= 11 is 0. The molecule has 1 saturated heterocycles. The van der Waals surface area contributed by atoms with Gasteiger partial charge >= 0.3 is 0 Å². The smallest absolute Gasteiger partial charge is 0.251 e. The van der Waals surface area contributed by atoms with E-state index in [0.29, 0.717) is 17.5 Å². The molecule has 0 radical (unpaired) electrons. The lowest BCUT2D eigenvalue weighted by atomic mass is 9.82. The van der Waals surface area contributed by atoms with Crippen LogP contribution < -0.4 is 19.7 Å². The van der Waals surface area contributed by atoms with E-state index in [-0.39, 0.29) is 11.9 Å². The normalized spacial score (nSPS) is 17.8. The molecule has 4 aromatic carbocycles. The van der Waals surface area contributed by atoms with Gasteiger partial charge < -0.3 is 19.7 Å². The summed E-state index contributed by atoms with van der Waals surface area (Å²) in [5.41, 5.74) is 8.46. The molecule has 45 heavy (non-hydrogen) atoms. The summed E-state index contributed by atoms with van der Waals surface area (Å²) in [4.78, 5) is 17.9. The van der Waals surface area contributed by atoms with E-state index in [4.69, 9.17) is 9.47 Å². The van der Waals surface area contributed by atoms with E-state index in [0.717, 1.165) is 49.7 Å². The Labute approximate surface area is 268 Å². The van der Waals surface area contributed by atoms with Crippen LogP contribution in [0.4, 0.5) is 5.69 Å². The minimum absolute atomic E-state index is 0.0462. The molecule has 1 N–H and O–H groups in total. The third-order valence-electron chi connectivity index (χ3n) is 9.56. The van der Waals surface area contributed by atoms with Crippen molar-refractivity contribution in [3.8, 4) is 11.5 Å². The van der Waals surface area contributed by atoms with E-state index >= 15 is 0 Å². The minimum Gasteiger partial charge on any atom is -0.493 e. The maximum Gasteiger partial charge on any atom is 0.251 e. The maximum absolute atomic E-state index is 12.9. The summed E-state index contributed by atoms with van der Waals surface area (Å²) in [5, 5.41) is 3.10. The second-order valence-electron chi connectivity index (χ2n) is 13.1. The van der Waals surface area contributed by atoms with E-state index in [1.807, 2.05) is 12.1 Å². The summed E-state index contributed by atoms with van der Waals surface area (Å²) in [6.07, 6.45) is 3.33. The van der Waals surface area contributed by atoms with Crippen LogP contribution >= 0.6 is 0 Å². The van der Waals surface area contributed by atoms with Crippen LogP contribution in [-0.2, 0) is 19.5 Å². The van der Waals surface area contributed by atoms with Crippen molar-refractivity contribution in [2.45, 2.75) is 52.2 Å². The number of carbonyl (C=O) groups is 1. The third-order valence-corrected chi connectivity index (χ3v) is 9.56. The molecule has 2 aliphatic heterocycles. The zero-order chi connectivity index (χ0) is 31.4. The standard InChI is InChI=1S/C39H45N3O3/c1-39(2)19-22-41(23-20-39)33-16-14-31(15-17-33)38(43)40-26-28-10-12-29(13-11-28)27-42-21-18-32-24-35(44-3)36(45-4)25-34(32)37(42)30-8-6-5-7-9-30/h5-17,24-25,37H,18-23,26-27H2,1-4H3,(H,40,43). The minimum atomic E-state index is -0.0462. The molecule has 2 heterocycles. The van der Waals surface area contributed by atoms with Gasteiger partial charge in [0.2, 0.25) is 0 Å². The molecule has 0 saturated carbocycles. The first-order valence-corrected chi connectivity index (χ1v) is 16.1. The summed E-state index contributed by atoms with van der Waals surface area (Å²) in [6, 6.07) is 31.7. The van der Waals surface area contributed by atoms with Crippen LogP contribution in [0.3, 0.4) is 0 Å². The van der Waals surface area contributed by atoms with E-state index < -0.39 is 0 Å². The van der Waals surface area contributed by atoms with Gasteiger partial charge in [-0.25, -0.2) is 0 Å². The van der Waals surface area contributed by atoms with E-state index in [2.05, 4.69) is 108 Å². The predicted molar refractivity (Wildman–Crippen MR) is 181 cm³/mol. The first-order chi connectivity index (χ1) is 21.8. The highest BCUT2D eigenvalue weighted by molar-refractivity contribution is 5.94. The Morgan fingerprint density at radius 2 is 1.47 bits per heavy atom. The van der Waals surface area contributed by atoms with Crippen LogP contribution in [0.1, 0.15) is 70.9 Å². The average molecular weight is 604 g/mol. The van der Waals surface area contributed by atoms with Crippen LogP contribution in [-0.4, -0.2) is 44.7 Å². The van der Waals surface area contributed by atoms with Gasteiger partial charge in [0.05, 0.1) is 20.3 Å². The molecule has 0 spiro atoms. The number of carbonyl (C=O) groups excluding carboxylic acids is 1. The summed E-state index contributed by atoms with van der Waals surface area (Å²) in [7, 11) is 3.38. The van der Waals surface area contributed by atoms with Crippen molar-refractivity contribution in [2.24, 2.45) is 5.41 Å². The fourth-order valence-electron chi connectivity index (χ4n) is 6.67. The zero-order valence-corrected chi connectivity index (χ0v) is 27.0. The molecule has 1 unspecified atom stereocenters. The number of benzene rings is 4. The van der Waals surface area contributed by atoms with E-state index in [9.17, 15) is 4.79 Å². The highest BCUT2D eigenvalue weighted by Crippen LogP contribution is 2.41. The molecule has 0 aliphatic carbocycles. The van der Waals surface area contributed by atoms with Gasteiger partial charge in [0.15, 0.2) is 11.5 Å². The largest absolute Gasteiger partial charge is 0.493 e. The van der Waals surface area contributed by atoms with Gasteiger partial charge in [-0.3, -0.25) is 9.69 Å². The van der Waals surface area contributed by atoms with Gasteiger partial charge in [-0.05, 0) is 88.9 Å². The third kappa shape index (κ3) is 7.02. The van der Waals surface area contributed by atoms with Crippen LogP contribution in [0.25, 0.3) is 0 Å². The van der Waals surface area contributed by atoms with Crippen molar-refractivity contribution in [1.82, 2.24) is 10.2 Å². The van der Waals surface area contributed by atoms with Gasteiger partial charge in [0.25, 0.3) is 5.91 Å². The molecule has 0 aromatic heterocycles. The Morgan fingerprint density at radius 1 is 0.822 bits per heavy atom. The number of rotatable bonds is 9. The van der Waals surface area contributed by atoms with Crippen LogP contribution in [0, 0.1) is 5.41 Å². The molecular formula is C39H45N3O3. The van der Waals surface area contributed by atoms with E-state index in [1.54, 1.807) is 14.2 Å². The highest BCUT2D eigenvalue weighted by Gasteiger charge is 2.30. The number of nitrogens with zero attached hydrogens (tertiary/aromatic N) is 2. The molecule has 6 rings (SSSR count). The number of piperidine rings is 1. The summed E-state index contributed by atoms with van der Waals surface area (Å²) < 4.78 is 11.3. The van der Waals surface area contributed by atoms with Gasteiger partial charge in [0.1, 0.15) is 0 Å². The lowest BCUT2D eigenvalue weighted by molar-refractivity contribution is 0.0951. The molecule has 4 aromatic rings. The molecule has 6 nitrogen and oxygen atoms in total. The number of ether oxygens (including phenoxy) is 2. The van der Waals surface area contributed by atoms with Crippen LogP contribution in [0.5, 0.6) is 11.5 Å². The molecule has 0 bridgehead atoms. The van der Waals surface area contributed by atoms with Gasteiger partial charge in [-0.2, -0.15) is 0 Å². The van der Waals surface area contributed by atoms with Crippen molar-refractivity contribution >= 4 is 11.6 Å². The number of anilines is 1. The Balaban J connectivity index is 1.09. The lowest BCUT2D eigenvalue weighted by Gasteiger charge is -2.38. The monoisotopic (exact) mass is 603 g/mol. The highest BCUT2D eigenvalue weighted by atomic mass is 16.5. The van der Waals surface area contributed by atoms with Crippen molar-refractivity contribution < 1.29 is 14.3 Å². The van der Waals surface area contributed by atoms with Gasteiger partial charge in [-0.1, -0.05) is 68.4 Å². The summed E-state index contributed by atoms with van der Waals surface area (Å²) in [6.45, 7) is 9.07. The molecule has 6 heteroatoms. The lowest BCUT2D eigenvalue weighted by Crippen LogP contribution is -2.37. The second-order valence-corrected chi connectivity index (χ2v) is 13.1. The van der Waals surface area contributed by atoms with Crippen molar-refractivity contribution in [3.05, 3.63) is 124 Å². The maximum atomic E-state index is 12.9. The van der Waals surface area contributed by atoms with Crippen molar-refractivity contribution in [3.63, 3.8) is 0 Å². The van der Waals surface area contributed by atoms with Gasteiger partial charge in [0, 0.05) is 44.0 Å². The van der Waals surface area contributed by atoms with Crippen LogP contribution in [0.2, 0.25) is 0 Å². The predicted octanol–water partition coefficient (Wildman–Crippen LogP) is 7.41. The fourth-order valence-corrected chi connectivity index (χ4v) is 6.67. The van der Waals surface area contributed by atoms with Crippen LogP contribution in [0.15, 0.2) is 91.0 Å². The number of fused-ring (bicyclic) bond motifs is 1. The number of nitrogens with one attached hydrogen (secondary N) is 1. The molecule has 1 fully saturated rings. The first-order valence-electron chi connectivity index (χ1n) is 16.1.